The standard InChI is InChI=1S/C17H27NO4/c19-15(13-5-4-6-14(11-13)16(20)21)18-9-10-22-17(12-18)7-2-1-3-8-17/h13-14H,1-12H2,(H,20,21). The topological polar surface area (TPSA) is 66.8 Å². The number of carbonyl (C=O) groups excluding carboxylic acids is 1. The number of carbonyl (C=O) groups is 2. The molecule has 2 unspecified atom stereocenters. The van der Waals surface area contributed by atoms with Gasteiger partial charge in [-0.25, -0.2) is 0 Å². The van der Waals surface area contributed by atoms with Crippen molar-refractivity contribution in [3.8, 4) is 0 Å². The van der Waals surface area contributed by atoms with Crippen LogP contribution in [0.5, 0.6) is 0 Å². The molecule has 3 fully saturated rings. The van der Waals surface area contributed by atoms with Gasteiger partial charge in [0.05, 0.1) is 18.1 Å². The highest BCUT2D eigenvalue weighted by Gasteiger charge is 2.41. The third kappa shape index (κ3) is 3.29. The van der Waals surface area contributed by atoms with E-state index in [1.807, 2.05) is 4.90 Å². The van der Waals surface area contributed by atoms with E-state index in [2.05, 4.69) is 0 Å². The Bertz CT molecular complexity index is 425. The van der Waals surface area contributed by atoms with Crippen LogP contribution in [0.15, 0.2) is 0 Å². The molecule has 22 heavy (non-hydrogen) atoms. The van der Waals surface area contributed by atoms with Gasteiger partial charge in [-0.1, -0.05) is 25.7 Å². The van der Waals surface area contributed by atoms with Crippen LogP contribution in [0.25, 0.3) is 0 Å². The fraction of sp³-hybridized carbons (Fsp3) is 0.882. The van der Waals surface area contributed by atoms with E-state index < -0.39 is 5.97 Å². The molecule has 5 nitrogen and oxygen atoms in total. The molecule has 1 N–H and O–H groups in total. The van der Waals surface area contributed by atoms with Crippen molar-refractivity contribution in [3.63, 3.8) is 0 Å². The van der Waals surface area contributed by atoms with Crippen molar-refractivity contribution in [1.82, 2.24) is 4.90 Å². The summed E-state index contributed by atoms with van der Waals surface area (Å²) in [4.78, 5) is 26.0. The third-order valence-corrected chi connectivity index (χ3v) is 5.70. The summed E-state index contributed by atoms with van der Waals surface area (Å²) in [6.45, 7) is 2.00. The average Bonchev–Trinajstić information content (AvgIpc) is 2.55. The Hall–Kier alpha value is -1.10. The first-order valence-corrected chi connectivity index (χ1v) is 8.75. The second-order valence-corrected chi connectivity index (χ2v) is 7.25. The first-order valence-electron chi connectivity index (χ1n) is 8.75. The molecule has 0 bridgehead atoms. The lowest BCUT2D eigenvalue weighted by molar-refractivity contribution is -0.161. The zero-order chi connectivity index (χ0) is 15.6. The van der Waals surface area contributed by atoms with E-state index in [0.717, 1.165) is 25.7 Å². The van der Waals surface area contributed by atoms with Gasteiger partial charge in [0.15, 0.2) is 0 Å². The minimum atomic E-state index is -0.747. The zero-order valence-corrected chi connectivity index (χ0v) is 13.3. The summed E-state index contributed by atoms with van der Waals surface area (Å²) in [7, 11) is 0. The predicted molar refractivity (Wildman–Crippen MR) is 81.4 cm³/mol. The minimum Gasteiger partial charge on any atom is -0.481 e. The fourth-order valence-corrected chi connectivity index (χ4v) is 4.43. The third-order valence-electron chi connectivity index (χ3n) is 5.70. The second-order valence-electron chi connectivity index (χ2n) is 7.25. The molecule has 1 saturated heterocycles. The zero-order valence-electron chi connectivity index (χ0n) is 13.3. The van der Waals surface area contributed by atoms with E-state index in [9.17, 15) is 14.7 Å². The number of aliphatic carboxylic acids is 1. The molecule has 124 valence electrons. The van der Waals surface area contributed by atoms with Crippen molar-refractivity contribution in [1.29, 1.82) is 0 Å². The van der Waals surface area contributed by atoms with Crippen LogP contribution in [0.1, 0.15) is 57.8 Å². The largest absolute Gasteiger partial charge is 0.481 e. The Morgan fingerprint density at radius 3 is 2.50 bits per heavy atom. The molecule has 3 aliphatic rings. The molecular formula is C17H27NO4. The fourth-order valence-electron chi connectivity index (χ4n) is 4.43. The lowest BCUT2D eigenvalue weighted by atomic mass is 9.79. The highest BCUT2D eigenvalue weighted by molar-refractivity contribution is 5.80. The van der Waals surface area contributed by atoms with Gasteiger partial charge in [-0.15, -0.1) is 0 Å². The molecule has 2 atom stereocenters. The van der Waals surface area contributed by atoms with E-state index in [0.29, 0.717) is 32.5 Å². The highest BCUT2D eigenvalue weighted by atomic mass is 16.5. The Morgan fingerprint density at radius 2 is 1.77 bits per heavy atom. The first kappa shape index (κ1) is 15.8. The van der Waals surface area contributed by atoms with E-state index in [1.54, 1.807) is 0 Å². The van der Waals surface area contributed by atoms with Crippen molar-refractivity contribution in [2.75, 3.05) is 19.7 Å². The van der Waals surface area contributed by atoms with E-state index in [-0.39, 0.29) is 23.3 Å². The van der Waals surface area contributed by atoms with E-state index in [1.165, 1.54) is 19.3 Å². The smallest absolute Gasteiger partial charge is 0.306 e. The average molecular weight is 309 g/mol. The van der Waals surface area contributed by atoms with Crippen molar-refractivity contribution in [2.24, 2.45) is 11.8 Å². The molecule has 0 aromatic rings. The number of ether oxygens (including phenoxy) is 1. The summed E-state index contributed by atoms with van der Waals surface area (Å²) >= 11 is 0. The maximum absolute atomic E-state index is 12.8. The number of hydrogen-bond acceptors (Lipinski definition) is 3. The Kier molecular flexibility index (Phi) is 4.71. The van der Waals surface area contributed by atoms with Gasteiger partial charge >= 0.3 is 5.97 Å². The number of nitrogens with zero attached hydrogens (tertiary/aromatic N) is 1. The van der Waals surface area contributed by atoms with Gasteiger partial charge in [0.25, 0.3) is 0 Å². The van der Waals surface area contributed by atoms with Gasteiger partial charge in [-0.2, -0.15) is 0 Å². The summed E-state index contributed by atoms with van der Waals surface area (Å²) in [6, 6.07) is 0. The maximum atomic E-state index is 12.8. The molecule has 0 aromatic carbocycles. The first-order chi connectivity index (χ1) is 10.6. The summed E-state index contributed by atoms with van der Waals surface area (Å²) in [5, 5.41) is 9.20. The lowest BCUT2D eigenvalue weighted by Gasteiger charge is -2.46. The molecular weight excluding hydrogens is 282 g/mol. The van der Waals surface area contributed by atoms with Crippen LogP contribution < -0.4 is 0 Å². The van der Waals surface area contributed by atoms with Crippen LogP contribution in [0.3, 0.4) is 0 Å². The van der Waals surface area contributed by atoms with Crippen molar-refractivity contribution < 1.29 is 19.4 Å². The van der Waals surface area contributed by atoms with Crippen LogP contribution in [0.4, 0.5) is 0 Å². The van der Waals surface area contributed by atoms with Crippen molar-refractivity contribution in [2.45, 2.75) is 63.4 Å². The molecule has 1 amide bonds. The Balaban J connectivity index is 1.62. The van der Waals surface area contributed by atoms with Crippen LogP contribution in [0, 0.1) is 11.8 Å². The van der Waals surface area contributed by atoms with E-state index in [4.69, 9.17) is 4.74 Å². The summed E-state index contributed by atoms with van der Waals surface area (Å²) in [5.41, 5.74) is -0.118. The van der Waals surface area contributed by atoms with Gasteiger partial charge in [0.2, 0.25) is 5.91 Å². The number of hydrogen-bond donors (Lipinski definition) is 1. The summed E-state index contributed by atoms with van der Waals surface area (Å²) in [5.74, 6) is -1.02. The van der Waals surface area contributed by atoms with E-state index >= 15 is 0 Å². The van der Waals surface area contributed by atoms with Gasteiger partial charge in [-0.05, 0) is 32.1 Å². The molecule has 2 aliphatic carbocycles. The van der Waals surface area contributed by atoms with Crippen LogP contribution in [-0.4, -0.2) is 47.2 Å². The quantitative estimate of drug-likeness (QED) is 0.851. The number of carboxylic acid groups (broad SMARTS) is 1. The molecule has 0 radical (unpaired) electrons. The summed E-state index contributed by atoms with van der Waals surface area (Å²) in [6.07, 6.45) is 8.67. The van der Waals surface area contributed by atoms with Crippen molar-refractivity contribution >= 4 is 11.9 Å². The van der Waals surface area contributed by atoms with Gasteiger partial charge < -0.3 is 14.7 Å². The molecule has 0 aromatic heterocycles. The molecule has 1 heterocycles. The number of morpholine rings is 1. The monoisotopic (exact) mass is 309 g/mol. The van der Waals surface area contributed by atoms with Gasteiger partial charge in [-0.3, -0.25) is 9.59 Å². The predicted octanol–water partition coefficient (Wildman–Crippen LogP) is 2.44. The minimum absolute atomic E-state index is 0.103. The van der Waals surface area contributed by atoms with Crippen LogP contribution >= 0.6 is 0 Å². The molecule has 3 rings (SSSR count). The van der Waals surface area contributed by atoms with Gasteiger partial charge in [0, 0.05) is 19.0 Å². The Morgan fingerprint density at radius 1 is 1.05 bits per heavy atom. The van der Waals surface area contributed by atoms with Gasteiger partial charge in [0.1, 0.15) is 0 Å². The SMILES string of the molecule is O=C(O)C1CCCC(C(=O)N2CCOC3(CCCCC3)C2)C1. The normalized spacial score (nSPS) is 31.9. The molecule has 5 heteroatoms. The highest BCUT2D eigenvalue weighted by Crippen LogP contribution is 2.36. The second kappa shape index (κ2) is 6.57. The van der Waals surface area contributed by atoms with Crippen molar-refractivity contribution in [3.05, 3.63) is 0 Å². The maximum Gasteiger partial charge on any atom is 0.306 e. The Labute approximate surface area is 132 Å². The number of rotatable bonds is 2. The number of amides is 1. The van der Waals surface area contributed by atoms with Crippen LogP contribution in [0.2, 0.25) is 0 Å². The number of carboxylic acids is 1. The molecule has 1 spiro atoms. The lowest BCUT2D eigenvalue weighted by Crippen LogP contribution is -2.55. The summed E-state index contributed by atoms with van der Waals surface area (Å²) < 4.78 is 6.05. The molecule has 1 aliphatic heterocycles. The van der Waals surface area contributed by atoms with Crippen LogP contribution in [-0.2, 0) is 14.3 Å². The molecule has 2 saturated carbocycles.